The monoisotopic (exact) mass is 390 g/mol. The quantitative estimate of drug-likeness (QED) is 0.644. The van der Waals surface area contributed by atoms with Gasteiger partial charge in [0.1, 0.15) is 23.2 Å². The molecule has 1 aromatic heterocycles. The van der Waals surface area contributed by atoms with E-state index in [0.717, 1.165) is 5.01 Å². The van der Waals surface area contributed by atoms with Crippen LogP contribution in [0.3, 0.4) is 0 Å². The molecule has 26 heavy (non-hydrogen) atoms. The molecule has 0 saturated carbocycles. The summed E-state index contributed by atoms with van der Waals surface area (Å²) in [5.74, 6) is 0.177. The molecule has 0 radical (unpaired) electrons. The highest BCUT2D eigenvalue weighted by Crippen LogP contribution is 2.19. The zero-order chi connectivity index (χ0) is 18.5. The van der Waals surface area contributed by atoms with Crippen LogP contribution in [0.15, 0.2) is 47.8 Å². The van der Waals surface area contributed by atoms with Crippen LogP contribution >= 0.6 is 22.9 Å². The number of halogens is 2. The van der Waals surface area contributed by atoms with E-state index in [0.29, 0.717) is 34.3 Å². The molecule has 2 aromatic carbocycles. The molecule has 0 spiro atoms. The molecular weight excluding hydrogens is 375 g/mol. The Bertz CT molecular complexity index is 912. The molecule has 0 aliphatic carbocycles. The summed E-state index contributed by atoms with van der Waals surface area (Å²) < 4.78 is 18.8. The third kappa shape index (κ3) is 5.03. The Balaban J connectivity index is 1.54. The zero-order valence-corrected chi connectivity index (χ0v) is 15.5. The smallest absolute Gasteiger partial charge is 0.230 e. The number of amides is 1. The maximum atomic E-state index is 13.1. The molecule has 4 nitrogen and oxygen atoms in total. The fraction of sp³-hybridized carbons (Fsp3) is 0.158. The molecule has 1 N–H and O–H groups in total. The van der Waals surface area contributed by atoms with E-state index >= 15 is 0 Å². The van der Waals surface area contributed by atoms with Crippen molar-refractivity contribution in [3.63, 3.8) is 0 Å². The first kappa shape index (κ1) is 18.4. The van der Waals surface area contributed by atoms with Gasteiger partial charge in [0.2, 0.25) is 5.91 Å². The Morgan fingerprint density at radius 3 is 2.77 bits per heavy atom. The molecule has 0 saturated heterocycles. The molecular formula is C19H16ClFN2O2S. The van der Waals surface area contributed by atoms with Crippen LogP contribution in [0.4, 0.5) is 10.1 Å². The number of hydrogen-bond donors (Lipinski definition) is 1. The first-order valence-corrected chi connectivity index (χ1v) is 9.13. The molecule has 1 heterocycles. The molecule has 134 valence electrons. The number of hydrogen-bond acceptors (Lipinski definition) is 4. The van der Waals surface area contributed by atoms with Crippen molar-refractivity contribution in [2.24, 2.45) is 0 Å². The maximum absolute atomic E-state index is 13.1. The molecule has 0 fully saturated rings. The van der Waals surface area contributed by atoms with E-state index in [1.807, 2.05) is 5.38 Å². The molecule has 7 heteroatoms. The lowest BCUT2D eigenvalue weighted by Gasteiger charge is -2.07. The minimum Gasteiger partial charge on any atom is -0.486 e. The summed E-state index contributed by atoms with van der Waals surface area (Å²) in [7, 11) is 0. The van der Waals surface area contributed by atoms with Gasteiger partial charge in [-0.3, -0.25) is 4.79 Å². The lowest BCUT2D eigenvalue weighted by atomic mass is 10.2. The first-order chi connectivity index (χ1) is 12.5. The number of nitrogens with zero attached hydrogens (tertiary/aromatic N) is 1. The fourth-order valence-electron chi connectivity index (χ4n) is 2.30. The highest BCUT2D eigenvalue weighted by atomic mass is 35.5. The van der Waals surface area contributed by atoms with Crippen LogP contribution in [-0.2, 0) is 17.8 Å². The van der Waals surface area contributed by atoms with Crippen LogP contribution in [0.25, 0.3) is 0 Å². The minimum absolute atomic E-state index is 0.147. The summed E-state index contributed by atoms with van der Waals surface area (Å²) in [6.07, 6.45) is 0.147. The lowest BCUT2D eigenvalue weighted by molar-refractivity contribution is -0.115. The van der Waals surface area contributed by atoms with E-state index in [2.05, 4.69) is 10.3 Å². The molecule has 0 aliphatic heterocycles. The molecule has 3 rings (SSSR count). The Morgan fingerprint density at radius 2 is 2.04 bits per heavy atom. The van der Waals surface area contributed by atoms with Gasteiger partial charge in [-0.25, -0.2) is 9.37 Å². The summed E-state index contributed by atoms with van der Waals surface area (Å²) >= 11 is 7.27. The topological polar surface area (TPSA) is 51.2 Å². The predicted octanol–water partition coefficient (Wildman–Crippen LogP) is 5.00. The van der Waals surface area contributed by atoms with Crippen LogP contribution in [0.1, 0.15) is 16.3 Å². The fourth-order valence-corrected chi connectivity index (χ4v) is 3.13. The Hall–Kier alpha value is -2.44. The predicted molar refractivity (Wildman–Crippen MR) is 101 cm³/mol. The maximum Gasteiger partial charge on any atom is 0.230 e. The first-order valence-electron chi connectivity index (χ1n) is 7.87. The Morgan fingerprint density at radius 1 is 1.27 bits per heavy atom. The number of nitrogens with one attached hydrogen (secondary N) is 1. The number of benzene rings is 2. The average Bonchev–Trinajstić information content (AvgIpc) is 3.04. The summed E-state index contributed by atoms with van der Waals surface area (Å²) in [6, 6.07) is 11.3. The SMILES string of the molecule is Cc1cc(F)ccc1NC(=O)Cc1csc(COc2ccc(Cl)cc2)n1. The summed E-state index contributed by atoms with van der Waals surface area (Å²) in [6.45, 7) is 2.07. The van der Waals surface area contributed by atoms with Gasteiger partial charge in [-0.1, -0.05) is 11.6 Å². The van der Waals surface area contributed by atoms with Crippen LogP contribution in [0.2, 0.25) is 5.02 Å². The van der Waals surface area contributed by atoms with Gasteiger partial charge in [0.25, 0.3) is 0 Å². The number of aryl methyl sites for hydroxylation is 1. The second-order valence-electron chi connectivity index (χ2n) is 5.66. The molecule has 0 unspecified atom stereocenters. The second kappa shape index (κ2) is 8.29. The summed E-state index contributed by atoms with van der Waals surface area (Å²) in [4.78, 5) is 16.6. The standard InChI is InChI=1S/C19H16ClFN2O2S/c1-12-8-14(21)4-7-17(12)23-18(24)9-15-11-26-19(22-15)10-25-16-5-2-13(20)3-6-16/h2-8,11H,9-10H2,1H3,(H,23,24). The van der Waals surface area contributed by atoms with Gasteiger partial charge in [-0.2, -0.15) is 0 Å². The second-order valence-corrected chi connectivity index (χ2v) is 7.04. The number of rotatable bonds is 6. The number of aromatic nitrogens is 1. The van der Waals surface area contributed by atoms with Crippen molar-refractivity contribution in [3.05, 3.63) is 74.9 Å². The molecule has 0 bridgehead atoms. The third-order valence-electron chi connectivity index (χ3n) is 3.58. The highest BCUT2D eigenvalue weighted by Gasteiger charge is 2.10. The Labute approximate surface area is 159 Å². The normalized spacial score (nSPS) is 10.6. The van der Waals surface area contributed by atoms with Gasteiger partial charge in [0.05, 0.1) is 12.1 Å². The number of carbonyl (C=O) groups is 1. The van der Waals surface area contributed by atoms with Crippen LogP contribution in [0, 0.1) is 12.7 Å². The van der Waals surface area contributed by atoms with Crippen molar-refractivity contribution in [2.75, 3.05) is 5.32 Å². The average molecular weight is 391 g/mol. The van der Waals surface area contributed by atoms with Gasteiger partial charge >= 0.3 is 0 Å². The van der Waals surface area contributed by atoms with Crippen LogP contribution < -0.4 is 10.1 Å². The van der Waals surface area contributed by atoms with Gasteiger partial charge in [0, 0.05) is 16.1 Å². The van der Waals surface area contributed by atoms with Crippen molar-refractivity contribution in [1.82, 2.24) is 4.98 Å². The summed E-state index contributed by atoms with van der Waals surface area (Å²) in [5, 5.41) is 6.03. The van der Waals surface area contributed by atoms with E-state index in [4.69, 9.17) is 16.3 Å². The van der Waals surface area contributed by atoms with E-state index in [1.165, 1.54) is 23.5 Å². The van der Waals surface area contributed by atoms with E-state index in [1.54, 1.807) is 37.3 Å². The number of carbonyl (C=O) groups excluding carboxylic acids is 1. The molecule has 0 aliphatic rings. The number of thiazole rings is 1. The van der Waals surface area contributed by atoms with Gasteiger partial charge in [-0.05, 0) is 55.0 Å². The number of ether oxygens (including phenoxy) is 1. The van der Waals surface area contributed by atoms with Crippen molar-refractivity contribution in [2.45, 2.75) is 20.0 Å². The van der Waals surface area contributed by atoms with Crippen molar-refractivity contribution in [1.29, 1.82) is 0 Å². The van der Waals surface area contributed by atoms with Gasteiger partial charge in [-0.15, -0.1) is 11.3 Å². The van der Waals surface area contributed by atoms with E-state index < -0.39 is 0 Å². The van der Waals surface area contributed by atoms with Crippen LogP contribution in [-0.4, -0.2) is 10.9 Å². The molecule has 3 aromatic rings. The third-order valence-corrected chi connectivity index (χ3v) is 4.70. The van der Waals surface area contributed by atoms with Gasteiger partial charge < -0.3 is 10.1 Å². The highest BCUT2D eigenvalue weighted by molar-refractivity contribution is 7.09. The van der Waals surface area contributed by atoms with Gasteiger partial charge in [0.15, 0.2) is 0 Å². The molecule has 0 atom stereocenters. The number of anilines is 1. The van der Waals surface area contributed by atoms with E-state index in [9.17, 15) is 9.18 Å². The van der Waals surface area contributed by atoms with Crippen molar-refractivity contribution < 1.29 is 13.9 Å². The van der Waals surface area contributed by atoms with E-state index in [-0.39, 0.29) is 18.1 Å². The zero-order valence-electron chi connectivity index (χ0n) is 14.0. The van der Waals surface area contributed by atoms with Crippen molar-refractivity contribution >= 4 is 34.5 Å². The summed E-state index contributed by atoms with van der Waals surface area (Å²) in [5.41, 5.74) is 1.94. The lowest BCUT2D eigenvalue weighted by Crippen LogP contribution is -2.15. The Kier molecular flexibility index (Phi) is 5.85. The molecule has 1 amide bonds. The van der Waals surface area contributed by atoms with Crippen LogP contribution in [0.5, 0.6) is 5.75 Å². The minimum atomic E-state index is -0.328. The largest absolute Gasteiger partial charge is 0.486 e. The van der Waals surface area contributed by atoms with Crippen molar-refractivity contribution in [3.8, 4) is 5.75 Å².